The third kappa shape index (κ3) is 3.58. The Morgan fingerprint density at radius 2 is 2.18 bits per heavy atom. The summed E-state index contributed by atoms with van der Waals surface area (Å²) >= 11 is 11.4. The lowest BCUT2D eigenvalue weighted by Gasteiger charge is -2.25. The van der Waals surface area contributed by atoms with E-state index < -0.39 is 5.54 Å². The molecule has 0 heterocycles. The molecule has 0 aromatic heterocycles. The summed E-state index contributed by atoms with van der Waals surface area (Å²) in [6.45, 7) is 5.45. The summed E-state index contributed by atoms with van der Waals surface area (Å²) in [4.78, 5) is 0. The van der Waals surface area contributed by atoms with Crippen LogP contribution in [0.1, 0.15) is 13.8 Å². The fourth-order valence-electron chi connectivity index (χ4n) is 0.734. The van der Waals surface area contributed by atoms with Gasteiger partial charge >= 0.3 is 0 Å². The molecule has 0 aromatic carbocycles. The van der Waals surface area contributed by atoms with Crippen LogP contribution in [0.15, 0.2) is 0 Å². The monoisotopic (exact) mass is 209 g/mol. The Hall–Kier alpha value is 0.460. The third-order valence-corrected chi connectivity index (χ3v) is 6.33. The van der Waals surface area contributed by atoms with Crippen molar-refractivity contribution in [3.8, 4) is 12.3 Å². The zero-order valence-corrected chi connectivity index (χ0v) is 9.35. The van der Waals surface area contributed by atoms with E-state index >= 15 is 0 Å². The van der Waals surface area contributed by atoms with Crippen LogP contribution in [0.25, 0.3) is 0 Å². The maximum atomic E-state index is 6.12. The first-order valence-corrected chi connectivity index (χ1v) is 7.40. The molecule has 0 radical (unpaired) electrons. The van der Waals surface area contributed by atoms with Crippen LogP contribution in [0, 0.1) is 12.3 Å². The Labute approximate surface area is 79.0 Å². The van der Waals surface area contributed by atoms with Crippen molar-refractivity contribution in [2.24, 2.45) is 0 Å². The van der Waals surface area contributed by atoms with Gasteiger partial charge in [0.05, 0.1) is 12.1 Å². The summed E-state index contributed by atoms with van der Waals surface area (Å²) in [6.07, 6.45) is 6.01. The summed E-state index contributed by atoms with van der Waals surface area (Å²) in [6, 6.07) is 0. The highest BCUT2D eigenvalue weighted by Crippen LogP contribution is 2.54. The van der Waals surface area contributed by atoms with Crippen LogP contribution in [0.2, 0.25) is 0 Å². The van der Waals surface area contributed by atoms with E-state index in [9.17, 15) is 0 Å². The minimum atomic E-state index is -1.80. The Morgan fingerprint density at radius 3 is 2.45 bits per heavy atom. The average molecular weight is 210 g/mol. The number of hydrogen-bond donors (Lipinski definition) is 0. The minimum absolute atomic E-state index is 0.575. The molecule has 0 amide bonds. The first-order chi connectivity index (χ1) is 5.08. The van der Waals surface area contributed by atoms with Gasteiger partial charge in [0.15, 0.2) is 0 Å². The van der Waals surface area contributed by atoms with Gasteiger partial charge in [0.2, 0.25) is 0 Å². The molecule has 1 nitrogen and oxygen atoms in total. The van der Waals surface area contributed by atoms with Gasteiger partial charge in [0.25, 0.3) is 0 Å². The van der Waals surface area contributed by atoms with Crippen LogP contribution < -0.4 is 0 Å². The van der Waals surface area contributed by atoms with E-state index in [1.54, 1.807) is 0 Å². The molecule has 64 valence electrons. The van der Waals surface area contributed by atoms with Crippen molar-refractivity contribution in [3.05, 3.63) is 0 Å². The highest BCUT2D eigenvalue weighted by Gasteiger charge is 2.17. The van der Waals surface area contributed by atoms with E-state index in [-0.39, 0.29) is 0 Å². The molecule has 0 aliphatic carbocycles. The highest BCUT2D eigenvalue weighted by molar-refractivity contribution is 8.25. The SMILES string of the molecule is C#CCN(CC)P(=S)(Cl)CC. The molecule has 0 saturated carbocycles. The maximum absolute atomic E-state index is 6.12. The highest BCUT2D eigenvalue weighted by atomic mass is 35.7. The van der Waals surface area contributed by atoms with Crippen molar-refractivity contribution in [1.29, 1.82) is 0 Å². The number of nitrogens with zero attached hydrogens (tertiary/aromatic N) is 1. The molecule has 11 heavy (non-hydrogen) atoms. The molecule has 0 fully saturated rings. The van der Waals surface area contributed by atoms with E-state index in [4.69, 9.17) is 29.5 Å². The summed E-state index contributed by atoms with van der Waals surface area (Å²) in [7, 11) is 0. The smallest absolute Gasteiger partial charge is 0.0992 e. The van der Waals surface area contributed by atoms with Crippen LogP contribution in [0.4, 0.5) is 0 Å². The predicted octanol–water partition coefficient (Wildman–Crippen LogP) is 2.51. The normalized spacial score (nSPS) is 15.9. The Bertz CT molecular complexity index is 199. The van der Waals surface area contributed by atoms with E-state index in [0.29, 0.717) is 6.54 Å². The third-order valence-electron chi connectivity index (χ3n) is 1.45. The molecule has 0 aromatic rings. The van der Waals surface area contributed by atoms with Gasteiger partial charge in [-0.3, -0.25) is 4.67 Å². The van der Waals surface area contributed by atoms with Crippen LogP contribution in [-0.4, -0.2) is 23.9 Å². The van der Waals surface area contributed by atoms with Crippen LogP contribution in [0.5, 0.6) is 0 Å². The van der Waals surface area contributed by atoms with Crippen molar-refractivity contribution in [2.45, 2.75) is 13.8 Å². The van der Waals surface area contributed by atoms with Crippen LogP contribution in [-0.2, 0) is 11.8 Å². The van der Waals surface area contributed by atoms with Crippen LogP contribution in [0.3, 0.4) is 0 Å². The predicted molar refractivity (Wildman–Crippen MR) is 56.8 cm³/mol. The second-order valence-electron chi connectivity index (χ2n) is 2.12. The van der Waals surface area contributed by atoms with Gasteiger partial charge in [-0.05, 0) is 6.16 Å². The second-order valence-corrected chi connectivity index (χ2v) is 8.64. The van der Waals surface area contributed by atoms with Crippen molar-refractivity contribution in [1.82, 2.24) is 4.67 Å². The van der Waals surface area contributed by atoms with Crippen molar-refractivity contribution in [3.63, 3.8) is 0 Å². The summed E-state index contributed by atoms with van der Waals surface area (Å²) in [5, 5.41) is 0. The van der Waals surface area contributed by atoms with Crippen molar-refractivity contribution < 1.29 is 0 Å². The topological polar surface area (TPSA) is 3.24 Å². The standard InChI is InChI=1S/C7H13ClNPS/c1-4-7-9(5-2)10(8,11)6-3/h1H,5-7H2,2-3H3. The van der Waals surface area contributed by atoms with Gasteiger partial charge in [0, 0.05) is 6.54 Å². The second kappa shape index (κ2) is 5.17. The van der Waals surface area contributed by atoms with Crippen molar-refractivity contribution >= 4 is 28.6 Å². The zero-order chi connectivity index (χ0) is 8.91. The molecule has 0 rings (SSSR count). The first kappa shape index (κ1) is 11.5. The molecule has 1 atom stereocenters. The molecule has 0 spiro atoms. The van der Waals surface area contributed by atoms with Gasteiger partial charge in [-0.15, -0.1) is 6.42 Å². The van der Waals surface area contributed by atoms with E-state index in [2.05, 4.69) is 5.92 Å². The molecule has 0 aliphatic heterocycles. The van der Waals surface area contributed by atoms with Gasteiger partial charge in [-0.1, -0.05) is 42.8 Å². The molecule has 4 heteroatoms. The summed E-state index contributed by atoms with van der Waals surface area (Å²) < 4.78 is 2.00. The van der Waals surface area contributed by atoms with Crippen molar-refractivity contribution in [2.75, 3.05) is 19.3 Å². The molecule has 1 unspecified atom stereocenters. The van der Waals surface area contributed by atoms with Gasteiger partial charge in [-0.25, -0.2) is 0 Å². The average Bonchev–Trinajstić information content (AvgIpc) is 2.00. The van der Waals surface area contributed by atoms with Gasteiger partial charge in [-0.2, -0.15) is 0 Å². The Balaban J connectivity index is 4.26. The lowest BCUT2D eigenvalue weighted by atomic mass is 10.6. The minimum Gasteiger partial charge on any atom is -0.252 e. The largest absolute Gasteiger partial charge is 0.252 e. The number of rotatable bonds is 4. The quantitative estimate of drug-likeness (QED) is 0.517. The number of terminal acetylenes is 1. The first-order valence-electron chi connectivity index (χ1n) is 3.56. The zero-order valence-electron chi connectivity index (χ0n) is 6.88. The Kier molecular flexibility index (Phi) is 5.38. The summed E-state index contributed by atoms with van der Waals surface area (Å²) in [5.41, 5.74) is -1.80. The van der Waals surface area contributed by atoms with Crippen LogP contribution >= 0.6 is 16.8 Å². The van der Waals surface area contributed by atoms with Gasteiger partial charge in [0.1, 0.15) is 0 Å². The molecule has 0 saturated heterocycles. The molecular formula is C7H13ClNPS. The number of hydrogen-bond acceptors (Lipinski definition) is 1. The van der Waals surface area contributed by atoms with E-state index in [1.165, 1.54) is 0 Å². The lowest BCUT2D eigenvalue weighted by molar-refractivity contribution is 0.544. The fourth-order valence-corrected chi connectivity index (χ4v) is 2.85. The summed E-state index contributed by atoms with van der Waals surface area (Å²) in [5.74, 6) is 2.56. The maximum Gasteiger partial charge on any atom is 0.0992 e. The van der Waals surface area contributed by atoms with Gasteiger partial charge < -0.3 is 0 Å². The van der Waals surface area contributed by atoms with E-state index in [0.717, 1.165) is 12.7 Å². The van der Waals surface area contributed by atoms with E-state index in [1.807, 2.05) is 18.5 Å². The number of halogens is 1. The lowest BCUT2D eigenvalue weighted by Crippen LogP contribution is -2.18. The Morgan fingerprint density at radius 1 is 1.64 bits per heavy atom. The fraction of sp³-hybridized carbons (Fsp3) is 0.714. The molecular weight excluding hydrogens is 197 g/mol. The molecule has 0 N–H and O–H groups in total. The molecule has 0 bridgehead atoms. The molecule has 0 aliphatic rings.